The van der Waals surface area contributed by atoms with Gasteiger partial charge in [0.25, 0.3) is 0 Å². The molecule has 0 aromatic carbocycles. The van der Waals surface area contributed by atoms with E-state index in [0.717, 1.165) is 45.7 Å². The van der Waals surface area contributed by atoms with Crippen LogP contribution in [0.4, 0.5) is 0 Å². The van der Waals surface area contributed by atoms with Crippen LogP contribution in [0.1, 0.15) is 19.3 Å². The Hall–Kier alpha value is -0.650. The van der Waals surface area contributed by atoms with E-state index in [1.165, 1.54) is 6.42 Å². The maximum atomic E-state index is 11.4. The molecule has 0 atom stereocenters. The minimum absolute atomic E-state index is 0.0493. The lowest BCUT2D eigenvalue weighted by atomic mass is 9.85. The van der Waals surface area contributed by atoms with Crippen molar-refractivity contribution < 1.29 is 14.4 Å². The van der Waals surface area contributed by atoms with E-state index in [1.54, 1.807) is 0 Å². The topological polar surface area (TPSA) is 50.8 Å². The molecule has 0 aromatic heterocycles. The minimum Gasteiger partial charge on any atom is -0.379 e. The summed E-state index contributed by atoms with van der Waals surface area (Å²) in [5.41, 5.74) is 2.53. The molecule has 1 amide bonds. The van der Waals surface area contributed by atoms with Crippen LogP contribution < -0.4 is 5.48 Å². The molecular weight excluding hydrogens is 208 g/mol. The summed E-state index contributed by atoms with van der Waals surface area (Å²) in [5.74, 6) is 0.247. The third-order valence-electron chi connectivity index (χ3n) is 3.26. The number of hydroxylamine groups is 1. The standard InChI is InChI=1S/C11H20N2O3/c14-11(10-2-1-3-10)12-16-9-6-13-4-7-15-8-5-13/h10H,1-9H2,(H,12,14). The maximum absolute atomic E-state index is 11.4. The van der Waals surface area contributed by atoms with E-state index in [9.17, 15) is 4.79 Å². The maximum Gasteiger partial charge on any atom is 0.246 e. The molecule has 1 N–H and O–H groups in total. The summed E-state index contributed by atoms with van der Waals surface area (Å²) in [6.45, 7) is 4.93. The van der Waals surface area contributed by atoms with Crippen LogP contribution in [0.15, 0.2) is 0 Å². The lowest BCUT2D eigenvalue weighted by Crippen LogP contribution is -2.40. The second-order valence-electron chi connectivity index (χ2n) is 4.40. The molecule has 2 aliphatic rings. The molecule has 1 saturated carbocycles. The van der Waals surface area contributed by atoms with Gasteiger partial charge in [-0.3, -0.25) is 14.5 Å². The Bertz CT molecular complexity index is 225. The molecule has 1 aliphatic heterocycles. The summed E-state index contributed by atoms with van der Waals surface area (Å²) >= 11 is 0. The molecule has 16 heavy (non-hydrogen) atoms. The van der Waals surface area contributed by atoms with Gasteiger partial charge in [0.2, 0.25) is 5.91 Å². The zero-order valence-electron chi connectivity index (χ0n) is 9.61. The Morgan fingerprint density at radius 2 is 2.12 bits per heavy atom. The minimum atomic E-state index is 0.0493. The highest BCUT2D eigenvalue weighted by molar-refractivity contribution is 5.78. The van der Waals surface area contributed by atoms with Crippen LogP contribution in [0.2, 0.25) is 0 Å². The quantitative estimate of drug-likeness (QED) is 0.538. The van der Waals surface area contributed by atoms with Crippen LogP contribution in [-0.2, 0) is 14.4 Å². The van der Waals surface area contributed by atoms with E-state index in [1.807, 2.05) is 0 Å². The predicted octanol–water partition coefficient (Wildman–Crippen LogP) is 0.166. The van der Waals surface area contributed by atoms with Gasteiger partial charge in [-0.05, 0) is 12.8 Å². The monoisotopic (exact) mass is 228 g/mol. The molecule has 5 nitrogen and oxygen atoms in total. The van der Waals surface area contributed by atoms with Crippen LogP contribution in [0.3, 0.4) is 0 Å². The van der Waals surface area contributed by atoms with Gasteiger partial charge in [-0.25, -0.2) is 5.48 Å². The summed E-state index contributed by atoms with van der Waals surface area (Å²) in [7, 11) is 0. The summed E-state index contributed by atoms with van der Waals surface area (Å²) in [6, 6.07) is 0. The number of hydrogen-bond acceptors (Lipinski definition) is 4. The Labute approximate surface area is 96.0 Å². The van der Waals surface area contributed by atoms with Gasteiger partial charge >= 0.3 is 0 Å². The van der Waals surface area contributed by atoms with Gasteiger partial charge in [0, 0.05) is 25.6 Å². The summed E-state index contributed by atoms with van der Waals surface area (Å²) < 4.78 is 5.25. The van der Waals surface area contributed by atoms with Crippen LogP contribution >= 0.6 is 0 Å². The third-order valence-corrected chi connectivity index (χ3v) is 3.26. The Balaban J connectivity index is 1.49. The van der Waals surface area contributed by atoms with Gasteiger partial charge in [0.15, 0.2) is 0 Å². The smallest absolute Gasteiger partial charge is 0.246 e. The van der Waals surface area contributed by atoms with Crippen LogP contribution in [0, 0.1) is 5.92 Å². The second kappa shape index (κ2) is 6.18. The number of carbonyl (C=O) groups is 1. The zero-order valence-corrected chi connectivity index (χ0v) is 9.61. The van der Waals surface area contributed by atoms with E-state index in [4.69, 9.17) is 9.57 Å². The molecule has 1 saturated heterocycles. The molecule has 0 bridgehead atoms. The molecule has 0 aromatic rings. The van der Waals surface area contributed by atoms with Crippen LogP contribution in [0.5, 0.6) is 0 Å². The van der Waals surface area contributed by atoms with Crippen LogP contribution in [-0.4, -0.2) is 50.3 Å². The Morgan fingerprint density at radius 1 is 1.38 bits per heavy atom. The highest BCUT2D eigenvalue weighted by Gasteiger charge is 2.25. The third kappa shape index (κ3) is 3.43. The fourth-order valence-corrected chi connectivity index (χ4v) is 1.88. The Morgan fingerprint density at radius 3 is 2.75 bits per heavy atom. The van der Waals surface area contributed by atoms with E-state index in [0.29, 0.717) is 6.61 Å². The highest BCUT2D eigenvalue weighted by Crippen LogP contribution is 2.25. The molecule has 2 rings (SSSR count). The summed E-state index contributed by atoms with van der Waals surface area (Å²) in [4.78, 5) is 18.9. The number of ether oxygens (including phenoxy) is 1. The average Bonchev–Trinajstić information content (AvgIpc) is 2.23. The first-order chi connectivity index (χ1) is 7.86. The van der Waals surface area contributed by atoms with Gasteiger partial charge < -0.3 is 4.74 Å². The number of nitrogens with one attached hydrogen (secondary N) is 1. The van der Waals surface area contributed by atoms with Crippen molar-refractivity contribution in [2.24, 2.45) is 5.92 Å². The predicted molar refractivity (Wildman–Crippen MR) is 58.7 cm³/mol. The van der Waals surface area contributed by atoms with Crippen molar-refractivity contribution in [1.29, 1.82) is 0 Å². The van der Waals surface area contributed by atoms with E-state index in [2.05, 4.69) is 10.4 Å². The molecule has 2 fully saturated rings. The number of carbonyl (C=O) groups excluding carboxylic acids is 1. The number of hydrogen-bond donors (Lipinski definition) is 1. The van der Waals surface area contributed by atoms with Gasteiger partial charge in [-0.2, -0.15) is 0 Å². The molecule has 0 spiro atoms. The largest absolute Gasteiger partial charge is 0.379 e. The van der Waals surface area contributed by atoms with Crippen LogP contribution in [0.25, 0.3) is 0 Å². The fourth-order valence-electron chi connectivity index (χ4n) is 1.88. The van der Waals surface area contributed by atoms with Crippen molar-refractivity contribution in [3.05, 3.63) is 0 Å². The van der Waals surface area contributed by atoms with Crippen molar-refractivity contribution in [2.75, 3.05) is 39.5 Å². The van der Waals surface area contributed by atoms with E-state index < -0.39 is 0 Å². The lowest BCUT2D eigenvalue weighted by Gasteiger charge is -2.27. The number of nitrogens with zero attached hydrogens (tertiary/aromatic N) is 1. The normalized spacial score (nSPS) is 22.8. The van der Waals surface area contributed by atoms with E-state index in [-0.39, 0.29) is 11.8 Å². The molecule has 0 radical (unpaired) electrons. The first-order valence-electron chi connectivity index (χ1n) is 6.08. The summed E-state index contributed by atoms with van der Waals surface area (Å²) in [6.07, 6.45) is 3.20. The van der Waals surface area contributed by atoms with Crippen molar-refractivity contribution in [3.8, 4) is 0 Å². The van der Waals surface area contributed by atoms with Crippen molar-refractivity contribution in [1.82, 2.24) is 10.4 Å². The molecule has 1 aliphatic carbocycles. The first kappa shape index (κ1) is 11.8. The van der Waals surface area contributed by atoms with Gasteiger partial charge in [-0.15, -0.1) is 0 Å². The molecular formula is C11H20N2O3. The highest BCUT2D eigenvalue weighted by atomic mass is 16.7. The zero-order chi connectivity index (χ0) is 11.2. The molecule has 0 unspecified atom stereocenters. The van der Waals surface area contributed by atoms with Crippen molar-refractivity contribution >= 4 is 5.91 Å². The molecule has 1 heterocycles. The second-order valence-corrected chi connectivity index (χ2v) is 4.40. The van der Waals surface area contributed by atoms with E-state index >= 15 is 0 Å². The van der Waals surface area contributed by atoms with Crippen molar-refractivity contribution in [3.63, 3.8) is 0 Å². The number of amides is 1. The molecule has 92 valence electrons. The first-order valence-corrected chi connectivity index (χ1v) is 6.08. The van der Waals surface area contributed by atoms with Gasteiger partial charge in [-0.1, -0.05) is 6.42 Å². The number of morpholine rings is 1. The van der Waals surface area contributed by atoms with Crippen molar-refractivity contribution in [2.45, 2.75) is 19.3 Å². The number of rotatable bonds is 5. The van der Waals surface area contributed by atoms with Gasteiger partial charge in [0.1, 0.15) is 0 Å². The Kier molecular flexibility index (Phi) is 4.56. The average molecular weight is 228 g/mol. The molecule has 5 heteroatoms. The SMILES string of the molecule is O=C(NOCCN1CCOCC1)C1CCC1. The fraction of sp³-hybridized carbons (Fsp3) is 0.909. The van der Waals surface area contributed by atoms with Gasteiger partial charge in [0.05, 0.1) is 19.8 Å². The summed E-state index contributed by atoms with van der Waals surface area (Å²) in [5, 5.41) is 0. The lowest BCUT2D eigenvalue weighted by molar-refractivity contribution is -0.140.